The van der Waals surface area contributed by atoms with Gasteiger partial charge in [0.15, 0.2) is 0 Å². The molecule has 3 rings (SSSR count). The van der Waals surface area contributed by atoms with Crippen molar-refractivity contribution >= 4 is 23.1 Å². The van der Waals surface area contributed by atoms with Crippen LogP contribution in [-0.4, -0.2) is 16.6 Å². The molecule has 0 saturated heterocycles. The predicted octanol–water partition coefficient (Wildman–Crippen LogP) is 8.28. The highest BCUT2D eigenvalue weighted by molar-refractivity contribution is 5.65. The zero-order valence-electron chi connectivity index (χ0n) is 20.3. The fourth-order valence-electron chi connectivity index (χ4n) is 3.57. The number of unbranched alkanes of at least 4 members (excludes halogenated alkanes) is 4. The molecule has 0 atom stereocenters. The maximum atomic E-state index is 13.7. The summed E-state index contributed by atoms with van der Waals surface area (Å²) in [4.78, 5) is 8.08. The largest absolute Gasteiger partial charge is 0.494 e. The molecule has 1 aromatic heterocycles. The van der Waals surface area contributed by atoms with Crippen LogP contribution in [0, 0.1) is 0 Å². The quantitative estimate of drug-likeness (QED) is 0.238. The van der Waals surface area contributed by atoms with Gasteiger partial charge in [0.2, 0.25) is 5.95 Å². The first-order chi connectivity index (χ1) is 16.9. The number of para-hydroxylation sites is 1. The van der Waals surface area contributed by atoms with Crippen LogP contribution in [0.1, 0.15) is 63.5 Å². The summed E-state index contributed by atoms with van der Waals surface area (Å²) in [5.74, 6) is 0.520. The minimum absolute atomic E-state index is 0.0700. The summed E-state index contributed by atoms with van der Waals surface area (Å²) in [6.07, 6.45) is 3.35. The van der Waals surface area contributed by atoms with E-state index in [-0.39, 0.29) is 11.8 Å². The Morgan fingerprint density at radius 2 is 1.60 bits per heavy atom. The van der Waals surface area contributed by atoms with Crippen molar-refractivity contribution in [1.29, 1.82) is 0 Å². The Bertz CT molecular complexity index is 1060. The molecule has 1 heterocycles. The van der Waals surface area contributed by atoms with Gasteiger partial charge in [-0.2, -0.15) is 18.2 Å². The molecule has 188 valence electrons. The van der Waals surface area contributed by atoms with Gasteiger partial charge in [-0.25, -0.2) is 4.98 Å². The fourth-order valence-corrected chi connectivity index (χ4v) is 3.57. The third-order valence-corrected chi connectivity index (χ3v) is 5.54. The van der Waals surface area contributed by atoms with Crippen LogP contribution >= 0.6 is 0 Å². The van der Waals surface area contributed by atoms with Gasteiger partial charge in [-0.05, 0) is 55.2 Å². The maximum Gasteiger partial charge on any atom is 0.421 e. The molecule has 0 spiro atoms. The van der Waals surface area contributed by atoms with E-state index in [9.17, 15) is 13.2 Å². The smallest absolute Gasteiger partial charge is 0.421 e. The molecule has 5 nitrogen and oxygen atoms in total. The molecule has 0 amide bonds. The lowest BCUT2D eigenvalue weighted by molar-refractivity contribution is -0.137. The second kappa shape index (κ2) is 13.0. The van der Waals surface area contributed by atoms with Gasteiger partial charge in [-0.1, -0.05) is 57.7 Å². The molecule has 0 unspecified atom stereocenters. The molecule has 0 aliphatic rings. The molecule has 2 N–H and O–H groups in total. The molecular weight excluding hydrogens is 453 g/mol. The standard InChI is InChI=1S/C27H33F3N4O/c1-3-5-7-8-11-20-12-9-10-13-24(20)33-25-23(27(28,29)30)19-31-26(34-25)32-21-14-16-22(17-15-21)35-18-6-4-2/h9-10,12-17,19H,3-8,11,18H2,1-2H3,(H2,31,32,33,34). The minimum Gasteiger partial charge on any atom is -0.494 e. The number of aryl methyl sites for hydroxylation is 1. The summed E-state index contributed by atoms with van der Waals surface area (Å²) in [5, 5.41) is 5.90. The summed E-state index contributed by atoms with van der Waals surface area (Å²) in [5.41, 5.74) is 1.31. The number of halogens is 3. The van der Waals surface area contributed by atoms with Crippen LogP contribution < -0.4 is 15.4 Å². The van der Waals surface area contributed by atoms with E-state index in [1.54, 1.807) is 36.4 Å². The molecule has 2 aromatic carbocycles. The average molecular weight is 487 g/mol. The van der Waals surface area contributed by atoms with E-state index in [0.717, 1.165) is 62.5 Å². The van der Waals surface area contributed by atoms with Crippen LogP contribution in [0.5, 0.6) is 5.75 Å². The van der Waals surface area contributed by atoms with Gasteiger partial charge in [0, 0.05) is 17.6 Å². The van der Waals surface area contributed by atoms with Crippen molar-refractivity contribution in [3.63, 3.8) is 0 Å². The van der Waals surface area contributed by atoms with Crippen LogP contribution in [0.25, 0.3) is 0 Å². The molecule has 0 radical (unpaired) electrons. The third-order valence-electron chi connectivity index (χ3n) is 5.54. The van der Waals surface area contributed by atoms with Crippen LogP contribution in [0.15, 0.2) is 54.7 Å². The van der Waals surface area contributed by atoms with Crippen LogP contribution in [-0.2, 0) is 12.6 Å². The third kappa shape index (κ3) is 8.16. The minimum atomic E-state index is -4.59. The molecule has 0 bridgehead atoms. The number of hydrogen-bond donors (Lipinski definition) is 2. The number of aromatic nitrogens is 2. The van der Waals surface area contributed by atoms with Crippen molar-refractivity contribution in [3.05, 3.63) is 65.9 Å². The number of anilines is 4. The van der Waals surface area contributed by atoms with Crippen molar-refractivity contribution in [2.45, 2.75) is 65.0 Å². The second-order valence-electron chi connectivity index (χ2n) is 8.40. The number of benzene rings is 2. The SMILES string of the molecule is CCCCCCc1ccccc1Nc1nc(Nc2ccc(OCCCC)cc2)ncc1C(F)(F)F. The summed E-state index contributed by atoms with van der Waals surface area (Å²) in [6.45, 7) is 4.88. The van der Waals surface area contributed by atoms with Crippen LogP contribution in [0.4, 0.5) is 36.3 Å². The molecular formula is C27H33F3N4O. The highest BCUT2D eigenvalue weighted by atomic mass is 19.4. The number of ether oxygens (including phenoxy) is 1. The highest BCUT2D eigenvalue weighted by Gasteiger charge is 2.35. The Balaban J connectivity index is 1.79. The van der Waals surface area contributed by atoms with E-state index in [2.05, 4.69) is 34.4 Å². The maximum absolute atomic E-state index is 13.7. The Kier molecular flexibility index (Phi) is 9.76. The van der Waals surface area contributed by atoms with Gasteiger partial charge in [0.1, 0.15) is 17.1 Å². The van der Waals surface area contributed by atoms with Crippen molar-refractivity contribution in [2.75, 3.05) is 17.2 Å². The number of rotatable bonds is 13. The molecule has 0 fully saturated rings. The molecule has 0 aliphatic heterocycles. The van der Waals surface area contributed by atoms with Gasteiger partial charge in [0.05, 0.1) is 6.61 Å². The molecule has 35 heavy (non-hydrogen) atoms. The predicted molar refractivity (Wildman–Crippen MR) is 135 cm³/mol. The molecule has 3 aromatic rings. The zero-order chi connectivity index (χ0) is 25.1. The van der Waals surface area contributed by atoms with Crippen molar-refractivity contribution in [2.24, 2.45) is 0 Å². The lowest BCUT2D eigenvalue weighted by atomic mass is 10.0. The Morgan fingerprint density at radius 3 is 2.31 bits per heavy atom. The van der Waals surface area contributed by atoms with E-state index in [1.165, 1.54) is 0 Å². The van der Waals surface area contributed by atoms with E-state index < -0.39 is 11.7 Å². The number of nitrogens with zero attached hydrogens (tertiary/aromatic N) is 2. The second-order valence-corrected chi connectivity index (χ2v) is 8.40. The molecule has 0 saturated carbocycles. The Morgan fingerprint density at radius 1 is 0.857 bits per heavy atom. The Hall–Kier alpha value is -3.29. The first-order valence-corrected chi connectivity index (χ1v) is 12.2. The van der Waals surface area contributed by atoms with Gasteiger partial charge in [0.25, 0.3) is 0 Å². The Labute approximate surface area is 205 Å². The first-order valence-electron chi connectivity index (χ1n) is 12.2. The highest BCUT2D eigenvalue weighted by Crippen LogP contribution is 2.36. The van der Waals surface area contributed by atoms with E-state index in [4.69, 9.17) is 4.74 Å². The molecule has 8 heteroatoms. The van der Waals surface area contributed by atoms with Crippen molar-refractivity contribution < 1.29 is 17.9 Å². The number of alkyl halides is 3. The monoisotopic (exact) mass is 486 g/mol. The van der Waals surface area contributed by atoms with E-state index in [1.807, 2.05) is 12.1 Å². The van der Waals surface area contributed by atoms with Crippen LogP contribution in [0.3, 0.4) is 0 Å². The first kappa shape index (κ1) is 26.3. The molecule has 0 aliphatic carbocycles. The summed E-state index contributed by atoms with van der Waals surface area (Å²) in [6, 6.07) is 14.6. The normalized spacial score (nSPS) is 11.3. The lowest BCUT2D eigenvalue weighted by Crippen LogP contribution is -2.13. The van der Waals surface area contributed by atoms with E-state index >= 15 is 0 Å². The zero-order valence-corrected chi connectivity index (χ0v) is 20.3. The van der Waals surface area contributed by atoms with Gasteiger partial charge >= 0.3 is 6.18 Å². The average Bonchev–Trinajstić information content (AvgIpc) is 2.83. The summed E-state index contributed by atoms with van der Waals surface area (Å²) in [7, 11) is 0. The van der Waals surface area contributed by atoms with Gasteiger partial charge in [-0.15, -0.1) is 0 Å². The van der Waals surface area contributed by atoms with E-state index in [0.29, 0.717) is 18.0 Å². The summed E-state index contributed by atoms with van der Waals surface area (Å²) >= 11 is 0. The number of nitrogens with one attached hydrogen (secondary N) is 2. The fraction of sp³-hybridized carbons (Fsp3) is 0.407. The van der Waals surface area contributed by atoms with Gasteiger partial charge in [-0.3, -0.25) is 0 Å². The summed E-state index contributed by atoms with van der Waals surface area (Å²) < 4.78 is 46.8. The van der Waals surface area contributed by atoms with Crippen molar-refractivity contribution in [3.8, 4) is 5.75 Å². The topological polar surface area (TPSA) is 59.1 Å². The van der Waals surface area contributed by atoms with Gasteiger partial charge < -0.3 is 15.4 Å². The van der Waals surface area contributed by atoms with Crippen molar-refractivity contribution in [1.82, 2.24) is 9.97 Å². The lowest BCUT2D eigenvalue weighted by Gasteiger charge is -2.17. The number of hydrogen-bond acceptors (Lipinski definition) is 5. The van der Waals surface area contributed by atoms with Crippen LogP contribution in [0.2, 0.25) is 0 Å².